The number of anilines is 1. The number of carbonyl (C=O) groups excluding carboxylic acids is 1. The van der Waals surface area contributed by atoms with E-state index in [-0.39, 0.29) is 11.8 Å². The van der Waals surface area contributed by atoms with Gasteiger partial charge in [0.05, 0.1) is 19.3 Å². The normalized spacial score (nSPS) is 14.1. The minimum atomic E-state index is 0.00548. The third kappa shape index (κ3) is 5.80. The van der Waals surface area contributed by atoms with Crippen LogP contribution in [0.25, 0.3) is 11.3 Å². The second-order valence-corrected chi connectivity index (χ2v) is 8.18. The summed E-state index contributed by atoms with van der Waals surface area (Å²) < 4.78 is 11.0. The highest BCUT2D eigenvalue weighted by Gasteiger charge is 2.25. The molecular formula is C26H30N4O3. The molecule has 1 aliphatic rings. The van der Waals surface area contributed by atoms with Crippen LogP contribution in [0.5, 0.6) is 11.5 Å². The summed E-state index contributed by atoms with van der Waals surface area (Å²) in [5.74, 6) is 2.36. The monoisotopic (exact) mass is 446 g/mol. The first-order valence-electron chi connectivity index (χ1n) is 11.3. The molecule has 3 aromatic rings. The van der Waals surface area contributed by atoms with Gasteiger partial charge in [-0.15, -0.1) is 0 Å². The summed E-state index contributed by atoms with van der Waals surface area (Å²) in [5, 5.41) is 3.00. The molecule has 1 N–H and O–H groups in total. The molecule has 2 aromatic carbocycles. The Labute approximate surface area is 194 Å². The average Bonchev–Trinajstić information content (AvgIpc) is 2.87. The average molecular weight is 447 g/mol. The maximum Gasteiger partial charge on any atom is 0.223 e. The Morgan fingerprint density at radius 1 is 1.06 bits per heavy atom. The number of hydrogen-bond donors (Lipinski definition) is 1. The van der Waals surface area contributed by atoms with Gasteiger partial charge in [0.15, 0.2) is 11.5 Å². The molecular weight excluding hydrogens is 416 g/mol. The molecule has 7 nitrogen and oxygen atoms in total. The Hall–Kier alpha value is -3.61. The molecule has 0 spiro atoms. The predicted molar refractivity (Wildman–Crippen MR) is 129 cm³/mol. The van der Waals surface area contributed by atoms with Crippen LogP contribution in [-0.4, -0.2) is 49.2 Å². The van der Waals surface area contributed by atoms with Gasteiger partial charge in [0.2, 0.25) is 5.91 Å². The van der Waals surface area contributed by atoms with E-state index in [0.717, 1.165) is 43.0 Å². The minimum absolute atomic E-state index is 0.00548. The summed E-state index contributed by atoms with van der Waals surface area (Å²) in [6.45, 7) is 4.51. The van der Waals surface area contributed by atoms with Crippen molar-refractivity contribution in [2.24, 2.45) is 5.92 Å². The minimum Gasteiger partial charge on any atom is -0.493 e. The van der Waals surface area contributed by atoms with E-state index >= 15 is 0 Å². The maximum atomic E-state index is 12.6. The Balaban J connectivity index is 1.24. The van der Waals surface area contributed by atoms with Crippen LogP contribution in [0.1, 0.15) is 18.4 Å². The van der Waals surface area contributed by atoms with E-state index < -0.39 is 0 Å². The topological polar surface area (TPSA) is 76.6 Å². The molecule has 4 rings (SSSR count). The first-order chi connectivity index (χ1) is 16.1. The third-order valence-electron chi connectivity index (χ3n) is 5.92. The van der Waals surface area contributed by atoms with Gasteiger partial charge in [-0.3, -0.25) is 4.79 Å². The van der Waals surface area contributed by atoms with Gasteiger partial charge in [-0.05, 0) is 31.9 Å². The lowest BCUT2D eigenvalue weighted by Gasteiger charge is -2.32. The number of methoxy groups -OCH3 is 1. The number of amides is 1. The predicted octanol–water partition coefficient (Wildman–Crippen LogP) is 3.87. The number of nitrogens with one attached hydrogen (secondary N) is 1. The number of carbonyl (C=O) groups is 1. The zero-order valence-corrected chi connectivity index (χ0v) is 19.2. The van der Waals surface area contributed by atoms with Gasteiger partial charge >= 0.3 is 0 Å². The number of para-hydroxylation sites is 2. The molecule has 33 heavy (non-hydrogen) atoms. The van der Waals surface area contributed by atoms with Gasteiger partial charge in [-0.1, -0.05) is 42.0 Å². The molecule has 7 heteroatoms. The van der Waals surface area contributed by atoms with E-state index in [0.29, 0.717) is 24.7 Å². The standard InChI is InChI=1S/C26H30N4O3/c1-19-7-9-20(10-8-19)22-17-25(29-18-28-22)30-14-11-21(12-15-30)26(31)27-13-16-33-24-6-4-3-5-23(24)32-2/h3-10,17-18,21H,11-16H2,1-2H3,(H,27,31). The van der Waals surface area contributed by atoms with Crippen molar-refractivity contribution in [3.63, 3.8) is 0 Å². The smallest absolute Gasteiger partial charge is 0.223 e. The van der Waals surface area contributed by atoms with Crippen molar-refractivity contribution in [3.8, 4) is 22.8 Å². The van der Waals surface area contributed by atoms with Crippen LogP contribution < -0.4 is 19.7 Å². The van der Waals surface area contributed by atoms with Crippen LogP contribution in [0.3, 0.4) is 0 Å². The lowest BCUT2D eigenvalue weighted by molar-refractivity contribution is -0.125. The van der Waals surface area contributed by atoms with E-state index in [9.17, 15) is 4.79 Å². The summed E-state index contributed by atoms with van der Waals surface area (Å²) >= 11 is 0. The van der Waals surface area contributed by atoms with Crippen molar-refractivity contribution in [2.75, 3.05) is 38.3 Å². The molecule has 0 bridgehead atoms. The Morgan fingerprint density at radius 3 is 2.52 bits per heavy atom. The van der Waals surface area contributed by atoms with Crippen molar-refractivity contribution < 1.29 is 14.3 Å². The van der Waals surface area contributed by atoms with E-state index in [2.05, 4.69) is 51.4 Å². The molecule has 0 unspecified atom stereocenters. The van der Waals surface area contributed by atoms with Crippen molar-refractivity contribution in [1.82, 2.24) is 15.3 Å². The largest absolute Gasteiger partial charge is 0.493 e. The molecule has 1 aromatic heterocycles. The molecule has 172 valence electrons. The van der Waals surface area contributed by atoms with Crippen molar-refractivity contribution >= 4 is 11.7 Å². The van der Waals surface area contributed by atoms with E-state index in [4.69, 9.17) is 9.47 Å². The summed E-state index contributed by atoms with van der Waals surface area (Å²) in [6, 6.07) is 17.9. The van der Waals surface area contributed by atoms with Gasteiger partial charge in [-0.2, -0.15) is 0 Å². The van der Waals surface area contributed by atoms with Crippen LogP contribution in [-0.2, 0) is 4.79 Å². The van der Waals surface area contributed by atoms with Crippen LogP contribution >= 0.6 is 0 Å². The number of rotatable bonds is 8. The van der Waals surface area contributed by atoms with E-state index in [1.165, 1.54) is 5.56 Å². The number of aryl methyl sites for hydroxylation is 1. The molecule has 0 saturated carbocycles. The Bertz CT molecular complexity index is 1060. The summed E-state index contributed by atoms with van der Waals surface area (Å²) in [5.41, 5.74) is 3.21. The zero-order chi connectivity index (χ0) is 23.0. The Kier molecular flexibility index (Phi) is 7.40. The highest BCUT2D eigenvalue weighted by Crippen LogP contribution is 2.26. The highest BCUT2D eigenvalue weighted by atomic mass is 16.5. The molecule has 0 radical (unpaired) electrons. The van der Waals surface area contributed by atoms with Crippen molar-refractivity contribution in [2.45, 2.75) is 19.8 Å². The second kappa shape index (κ2) is 10.8. The Morgan fingerprint density at radius 2 is 1.79 bits per heavy atom. The molecule has 0 atom stereocenters. The summed E-state index contributed by atoms with van der Waals surface area (Å²) in [7, 11) is 1.61. The number of hydrogen-bond acceptors (Lipinski definition) is 6. The maximum absolute atomic E-state index is 12.6. The first kappa shape index (κ1) is 22.6. The number of benzene rings is 2. The van der Waals surface area contributed by atoms with Crippen LogP contribution in [0.15, 0.2) is 60.9 Å². The van der Waals surface area contributed by atoms with Gasteiger partial charge in [0.25, 0.3) is 0 Å². The van der Waals surface area contributed by atoms with Gasteiger partial charge in [-0.25, -0.2) is 9.97 Å². The van der Waals surface area contributed by atoms with Gasteiger partial charge in [0.1, 0.15) is 18.8 Å². The van der Waals surface area contributed by atoms with Gasteiger partial charge < -0.3 is 19.7 Å². The molecule has 0 aliphatic carbocycles. The first-order valence-corrected chi connectivity index (χ1v) is 11.3. The highest BCUT2D eigenvalue weighted by molar-refractivity contribution is 5.79. The number of nitrogens with zero attached hydrogens (tertiary/aromatic N) is 3. The number of ether oxygens (including phenoxy) is 2. The lowest BCUT2D eigenvalue weighted by atomic mass is 9.96. The fourth-order valence-electron chi connectivity index (χ4n) is 3.99. The van der Waals surface area contributed by atoms with E-state index in [1.807, 2.05) is 30.3 Å². The van der Waals surface area contributed by atoms with Crippen molar-refractivity contribution in [1.29, 1.82) is 0 Å². The molecule has 1 fully saturated rings. The molecule has 1 aliphatic heterocycles. The van der Waals surface area contributed by atoms with Crippen molar-refractivity contribution in [3.05, 3.63) is 66.5 Å². The fraction of sp³-hybridized carbons (Fsp3) is 0.346. The summed E-state index contributed by atoms with van der Waals surface area (Å²) in [6.07, 6.45) is 3.21. The quantitative estimate of drug-likeness (QED) is 0.530. The summed E-state index contributed by atoms with van der Waals surface area (Å²) in [4.78, 5) is 23.7. The third-order valence-corrected chi connectivity index (χ3v) is 5.92. The van der Waals surface area contributed by atoms with Crippen LogP contribution in [0, 0.1) is 12.8 Å². The van der Waals surface area contributed by atoms with Crippen LogP contribution in [0.2, 0.25) is 0 Å². The molecule has 2 heterocycles. The molecule has 1 amide bonds. The van der Waals surface area contributed by atoms with E-state index in [1.54, 1.807) is 13.4 Å². The SMILES string of the molecule is COc1ccccc1OCCNC(=O)C1CCN(c2cc(-c3ccc(C)cc3)ncn2)CC1. The second-order valence-electron chi connectivity index (χ2n) is 8.18. The molecule has 1 saturated heterocycles. The number of piperidine rings is 1. The number of aromatic nitrogens is 2. The lowest BCUT2D eigenvalue weighted by Crippen LogP contribution is -2.41. The van der Waals surface area contributed by atoms with Crippen LogP contribution in [0.4, 0.5) is 5.82 Å². The fourth-order valence-corrected chi connectivity index (χ4v) is 3.99. The van der Waals surface area contributed by atoms with Gasteiger partial charge in [0, 0.05) is 30.6 Å². The zero-order valence-electron chi connectivity index (χ0n) is 19.2.